The van der Waals surface area contributed by atoms with E-state index in [9.17, 15) is 18.8 Å². The van der Waals surface area contributed by atoms with Crippen LogP contribution in [0.1, 0.15) is 37.0 Å². The van der Waals surface area contributed by atoms with Crippen LogP contribution in [0.3, 0.4) is 0 Å². The van der Waals surface area contributed by atoms with Crippen molar-refractivity contribution in [2.24, 2.45) is 5.92 Å². The normalized spacial score (nSPS) is 13.1. The third-order valence-corrected chi connectivity index (χ3v) is 5.81. The summed E-state index contributed by atoms with van der Waals surface area (Å²) >= 11 is 5.22. The number of hydrogen-bond donors (Lipinski definition) is 0. The number of nitriles is 1. The van der Waals surface area contributed by atoms with Gasteiger partial charge in [-0.15, -0.1) is 0 Å². The van der Waals surface area contributed by atoms with Gasteiger partial charge in [-0.05, 0) is 71.2 Å². The first-order chi connectivity index (χ1) is 16.2. The van der Waals surface area contributed by atoms with Gasteiger partial charge in [0.25, 0.3) is 0 Å². The van der Waals surface area contributed by atoms with Crippen LogP contribution in [0.25, 0.3) is 0 Å². The summed E-state index contributed by atoms with van der Waals surface area (Å²) in [5, 5.41) is 9.70. The molecule has 4 nitrogen and oxygen atoms in total. The number of para-hydroxylation sites is 1. The van der Waals surface area contributed by atoms with Gasteiger partial charge in [-0.25, -0.2) is 0 Å². The molecule has 3 rings (SSSR count). The van der Waals surface area contributed by atoms with Crippen LogP contribution in [-0.4, -0.2) is 10.7 Å². The lowest BCUT2D eigenvalue weighted by molar-refractivity contribution is -0.150. The lowest BCUT2D eigenvalue weighted by Crippen LogP contribution is -2.22. The Balaban J connectivity index is 1.80. The van der Waals surface area contributed by atoms with Gasteiger partial charge in [0.05, 0.1) is 5.92 Å². The zero-order valence-corrected chi connectivity index (χ0v) is 20.0. The standard InChI is InChI=1S/C26H22ClF2NO3S/c1-17(2)24(19-9-7-13-22(15-19)34-26(27,28)29)25(31)33-23(16-30)18-8-6-12-21(14-18)32-20-10-4-3-5-11-20/h3-15,17,23-24H,1-2H3. The predicted octanol–water partition coefficient (Wildman–Crippen LogP) is 7.91. The number of carbonyl (C=O) groups excluding carboxylic acids is 1. The highest BCUT2D eigenvalue weighted by Gasteiger charge is 2.31. The van der Waals surface area contributed by atoms with Gasteiger partial charge in [0.1, 0.15) is 17.6 Å². The monoisotopic (exact) mass is 501 g/mol. The Morgan fingerprint density at radius 2 is 1.62 bits per heavy atom. The molecule has 0 N–H and O–H groups in total. The molecule has 176 valence electrons. The maximum atomic E-state index is 13.2. The minimum atomic E-state index is -3.47. The number of nitrogens with zero attached hydrogens (tertiary/aromatic N) is 1. The van der Waals surface area contributed by atoms with Crippen molar-refractivity contribution >= 4 is 29.3 Å². The molecule has 34 heavy (non-hydrogen) atoms. The van der Waals surface area contributed by atoms with Crippen LogP contribution in [0.2, 0.25) is 0 Å². The Morgan fingerprint density at radius 1 is 0.971 bits per heavy atom. The molecule has 2 unspecified atom stereocenters. The topological polar surface area (TPSA) is 59.3 Å². The molecule has 0 aromatic heterocycles. The SMILES string of the molecule is CC(C)C(C(=O)OC(C#N)c1cccc(Oc2ccccc2)c1)c1cccc(SC(F)(F)Cl)c1. The number of thioether (sulfide) groups is 1. The molecular weight excluding hydrogens is 480 g/mol. The van der Waals surface area contributed by atoms with Crippen LogP contribution >= 0.6 is 23.4 Å². The van der Waals surface area contributed by atoms with E-state index in [-0.39, 0.29) is 22.6 Å². The zero-order valence-electron chi connectivity index (χ0n) is 18.5. The molecule has 0 amide bonds. The second-order valence-corrected chi connectivity index (χ2v) is 9.66. The highest BCUT2D eigenvalue weighted by molar-refractivity contribution is 8.01. The maximum Gasteiger partial charge on any atom is 0.375 e. The zero-order chi connectivity index (χ0) is 24.7. The summed E-state index contributed by atoms with van der Waals surface area (Å²) in [4.78, 5) is 13.3. The molecule has 0 aliphatic heterocycles. The summed E-state index contributed by atoms with van der Waals surface area (Å²) in [7, 11) is 0. The number of carbonyl (C=O) groups is 1. The van der Waals surface area contributed by atoms with E-state index < -0.39 is 22.7 Å². The van der Waals surface area contributed by atoms with Gasteiger partial charge in [-0.2, -0.15) is 14.0 Å². The highest BCUT2D eigenvalue weighted by Crippen LogP contribution is 2.40. The van der Waals surface area contributed by atoms with Gasteiger partial charge >= 0.3 is 10.7 Å². The fraction of sp³-hybridized carbons (Fsp3) is 0.231. The lowest BCUT2D eigenvalue weighted by Gasteiger charge is -2.22. The first kappa shape index (κ1) is 25.5. The van der Waals surface area contributed by atoms with E-state index in [0.29, 0.717) is 22.6 Å². The molecule has 2 atom stereocenters. The molecule has 0 saturated carbocycles. The van der Waals surface area contributed by atoms with Crippen molar-refractivity contribution < 1.29 is 23.0 Å². The quantitative estimate of drug-likeness (QED) is 0.169. The van der Waals surface area contributed by atoms with Crippen LogP contribution < -0.4 is 4.74 Å². The summed E-state index contributed by atoms with van der Waals surface area (Å²) in [5.41, 5.74) is 0.960. The molecule has 3 aromatic carbocycles. The van der Waals surface area contributed by atoms with Crippen LogP contribution in [0, 0.1) is 17.2 Å². The summed E-state index contributed by atoms with van der Waals surface area (Å²) in [5.74, 6) is -0.478. The lowest BCUT2D eigenvalue weighted by atomic mass is 9.88. The number of alkyl halides is 3. The number of halogens is 3. The van der Waals surface area contributed by atoms with Crippen molar-refractivity contribution in [1.29, 1.82) is 5.26 Å². The maximum absolute atomic E-state index is 13.2. The first-order valence-corrected chi connectivity index (χ1v) is 11.6. The van der Waals surface area contributed by atoms with Crippen molar-refractivity contribution in [1.82, 2.24) is 0 Å². The Morgan fingerprint density at radius 3 is 2.26 bits per heavy atom. The fourth-order valence-corrected chi connectivity index (χ4v) is 4.30. The molecule has 0 fully saturated rings. The van der Waals surface area contributed by atoms with E-state index in [1.165, 1.54) is 12.1 Å². The Bertz CT molecular complexity index is 1160. The Labute approximate surface area is 206 Å². The molecule has 0 saturated heterocycles. The first-order valence-electron chi connectivity index (χ1n) is 10.4. The molecule has 0 spiro atoms. The van der Waals surface area contributed by atoms with Gasteiger partial charge in [0.2, 0.25) is 6.10 Å². The van der Waals surface area contributed by atoms with Crippen LogP contribution in [0.15, 0.2) is 83.8 Å². The number of rotatable bonds is 9. The van der Waals surface area contributed by atoms with E-state index in [1.807, 2.05) is 38.1 Å². The van der Waals surface area contributed by atoms with E-state index >= 15 is 0 Å². The molecule has 0 aliphatic carbocycles. The van der Waals surface area contributed by atoms with Crippen molar-refractivity contribution in [2.75, 3.05) is 0 Å². The van der Waals surface area contributed by atoms with Crippen molar-refractivity contribution in [3.63, 3.8) is 0 Å². The molecule has 3 aromatic rings. The van der Waals surface area contributed by atoms with E-state index in [2.05, 4.69) is 0 Å². The summed E-state index contributed by atoms with van der Waals surface area (Å²) in [6.45, 7) is 3.63. The minimum Gasteiger partial charge on any atom is -0.457 e. The highest BCUT2D eigenvalue weighted by atomic mass is 35.5. The van der Waals surface area contributed by atoms with E-state index in [4.69, 9.17) is 21.1 Å². The van der Waals surface area contributed by atoms with Gasteiger partial charge in [0, 0.05) is 10.5 Å². The molecule has 0 bridgehead atoms. The Hall–Kier alpha value is -3.08. The second-order valence-electron chi connectivity index (χ2n) is 7.78. The molecular formula is C26H22ClF2NO3S. The minimum absolute atomic E-state index is 0.187. The van der Waals surface area contributed by atoms with Crippen LogP contribution in [0.4, 0.5) is 8.78 Å². The van der Waals surface area contributed by atoms with Crippen molar-refractivity contribution in [3.8, 4) is 17.6 Å². The predicted molar refractivity (Wildman–Crippen MR) is 128 cm³/mol. The van der Waals surface area contributed by atoms with Crippen molar-refractivity contribution in [3.05, 3.63) is 90.0 Å². The van der Waals surface area contributed by atoms with Crippen LogP contribution in [-0.2, 0) is 9.53 Å². The average molecular weight is 502 g/mol. The summed E-state index contributed by atoms with van der Waals surface area (Å²) in [6.07, 6.45) is -1.17. The number of hydrogen-bond acceptors (Lipinski definition) is 5. The smallest absolute Gasteiger partial charge is 0.375 e. The molecule has 0 radical (unpaired) electrons. The largest absolute Gasteiger partial charge is 0.457 e. The van der Waals surface area contributed by atoms with Gasteiger partial charge in [-0.3, -0.25) is 4.79 Å². The Kier molecular flexibility index (Phi) is 8.54. The van der Waals surface area contributed by atoms with Crippen molar-refractivity contribution in [2.45, 2.75) is 35.5 Å². The van der Waals surface area contributed by atoms with E-state index in [0.717, 1.165) is 0 Å². The van der Waals surface area contributed by atoms with Gasteiger partial charge < -0.3 is 9.47 Å². The van der Waals surface area contributed by atoms with E-state index in [1.54, 1.807) is 48.5 Å². The molecule has 8 heteroatoms. The second kappa shape index (κ2) is 11.4. The van der Waals surface area contributed by atoms with Gasteiger partial charge in [-0.1, -0.05) is 56.3 Å². The third-order valence-electron chi connectivity index (χ3n) is 4.86. The average Bonchev–Trinajstić information content (AvgIpc) is 2.77. The summed E-state index contributed by atoms with van der Waals surface area (Å²) in [6, 6.07) is 24.1. The van der Waals surface area contributed by atoms with Gasteiger partial charge in [0.15, 0.2) is 0 Å². The summed E-state index contributed by atoms with van der Waals surface area (Å²) < 4.78 is 34.4. The molecule has 0 heterocycles. The van der Waals surface area contributed by atoms with Crippen LogP contribution in [0.5, 0.6) is 11.5 Å². The number of ether oxygens (including phenoxy) is 2. The fourth-order valence-electron chi connectivity index (χ4n) is 3.42. The number of esters is 1. The third kappa shape index (κ3) is 7.21. The number of benzene rings is 3. The molecule has 0 aliphatic rings.